The fraction of sp³-hybridized carbons (Fsp3) is 0.476. The van der Waals surface area contributed by atoms with Crippen molar-refractivity contribution in [3.63, 3.8) is 0 Å². The normalized spacial score (nSPS) is 20.9. The van der Waals surface area contributed by atoms with Crippen LogP contribution in [0, 0.1) is 18.8 Å². The minimum Gasteiger partial charge on any atom is -0.465 e. The molecule has 1 aliphatic heterocycles. The Balaban J connectivity index is 2.01. The number of nitrogen functional groups attached to an aromatic ring is 1. The monoisotopic (exact) mass is 372 g/mol. The first kappa shape index (κ1) is 18.9. The number of nitrogens with two attached hydrogens (primary N) is 1. The van der Waals surface area contributed by atoms with Crippen molar-refractivity contribution in [3.8, 4) is 11.1 Å². The average Bonchev–Trinajstić information content (AvgIpc) is 2.90. The largest absolute Gasteiger partial charge is 0.465 e. The lowest BCUT2D eigenvalue weighted by Crippen LogP contribution is -2.38. The molecule has 1 saturated heterocycles. The molecule has 0 saturated carbocycles. The Morgan fingerprint density at radius 2 is 1.85 bits per heavy atom. The lowest BCUT2D eigenvalue weighted by Gasteiger charge is -2.34. The predicted molar refractivity (Wildman–Crippen MR) is 108 cm³/mol. The first-order chi connectivity index (χ1) is 12.4. The Kier molecular flexibility index (Phi) is 5.68. The van der Waals surface area contributed by atoms with Crippen molar-refractivity contribution in [1.29, 1.82) is 0 Å². The summed E-state index contributed by atoms with van der Waals surface area (Å²) < 4.78 is 5.01. The highest BCUT2D eigenvalue weighted by Crippen LogP contribution is 2.40. The van der Waals surface area contributed by atoms with E-state index in [1.165, 1.54) is 30.4 Å². The predicted octanol–water partition coefficient (Wildman–Crippen LogP) is 4.57. The maximum Gasteiger partial charge on any atom is 0.341 e. The highest BCUT2D eigenvalue weighted by atomic mass is 32.1. The molecule has 1 aromatic carbocycles. The fourth-order valence-electron chi connectivity index (χ4n) is 4.06. The zero-order chi connectivity index (χ0) is 18.8. The summed E-state index contributed by atoms with van der Waals surface area (Å²) in [4.78, 5) is 16.0. The summed E-state index contributed by atoms with van der Waals surface area (Å²) >= 11 is 1.52. The van der Waals surface area contributed by atoms with Gasteiger partial charge in [-0.05, 0) is 30.7 Å². The van der Waals surface area contributed by atoms with Crippen LogP contribution < -0.4 is 5.73 Å². The number of likely N-dealkylation sites (tertiary alicyclic amines) is 1. The van der Waals surface area contributed by atoms with Crippen LogP contribution in [-0.2, 0) is 11.3 Å². The average molecular weight is 373 g/mol. The third-order valence-electron chi connectivity index (χ3n) is 5.05. The van der Waals surface area contributed by atoms with Gasteiger partial charge >= 0.3 is 5.97 Å². The molecule has 2 atom stereocenters. The van der Waals surface area contributed by atoms with E-state index in [2.05, 4.69) is 49.9 Å². The van der Waals surface area contributed by atoms with E-state index in [4.69, 9.17) is 10.5 Å². The highest BCUT2D eigenvalue weighted by molar-refractivity contribution is 7.17. The van der Waals surface area contributed by atoms with Gasteiger partial charge in [0.2, 0.25) is 0 Å². The van der Waals surface area contributed by atoms with Crippen molar-refractivity contribution >= 4 is 22.3 Å². The summed E-state index contributed by atoms with van der Waals surface area (Å²) in [6.07, 6.45) is 1.28. The summed E-state index contributed by atoms with van der Waals surface area (Å²) in [7, 11) is 1.41. The van der Waals surface area contributed by atoms with Crippen molar-refractivity contribution in [2.24, 2.45) is 11.8 Å². The lowest BCUT2D eigenvalue weighted by atomic mass is 9.91. The molecule has 3 rings (SSSR count). The molecular weight excluding hydrogens is 344 g/mol. The molecule has 4 nitrogen and oxygen atoms in total. The molecule has 26 heavy (non-hydrogen) atoms. The van der Waals surface area contributed by atoms with E-state index in [1.54, 1.807) is 0 Å². The van der Waals surface area contributed by atoms with Gasteiger partial charge in [0.25, 0.3) is 0 Å². The number of rotatable bonds is 4. The van der Waals surface area contributed by atoms with E-state index in [-0.39, 0.29) is 5.97 Å². The molecule has 0 bridgehead atoms. The van der Waals surface area contributed by atoms with Gasteiger partial charge in [-0.1, -0.05) is 43.7 Å². The number of nitrogens with zero attached hydrogens (tertiary/aromatic N) is 1. The number of esters is 1. The van der Waals surface area contributed by atoms with Crippen molar-refractivity contribution in [2.75, 3.05) is 25.9 Å². The fourth-order valence-corrected chi connectivity index (χ4v) is 5.19. The number of ether oxygens (including phenoxy) is 1. The van der Waals surface area contributed by atoms with Crippen LogP contribution in [0.5, 0.6) is 0 Å². The SMILES string of the molecule is COC(=O)c1c(N)sc(CN2CC(C)CC(C)C2)c1-c1ccc(C)cc1. The number of anilines is 1. The summed E-state index contributed by atoms with van der Waals surface area (Å²) in [6, 6.07) is 8.26. The molecule has 5 heteroatoms. The molecule has 0 radical (unpaired) electrons. The van der Waals surface area contributed by atoms with Gasteiger partial charge < -0.3 is 10.5 Å². The first-order valence-corrected chi connectivity index (χ1v) is 9.99. The third kappa shape index (κ3) is 3.94. The van der Waals surface area contributed by atoms with Crippen LogP contribution in [0.3, 0.4) is 0 Å². The highest BCUT2D eigenvalue weighted by Gasteiger charge is 2.27. The minimum atomic E-state index is -0.360. The Morgan fingerprint density at radius 1 is 1.23 bits per heavy atom. The van der Waals surface area contributed by atoms with Crippen molar-refractivity contribution in [2.45, 2.75) is 33.7 Å². The zero-order valence-corrected chi connectivity index (χ0v) is 16.9. The van der Waals surface area contributed by atoms with E-state index in [0.29, 0.717) is 22.4 Å². The Labute approximate surface area is 160 Å². The van der Waals surface area contributed by atoms with Gasteiger partial charge in [0.05, 0.1) is 7.11 Å². The van der Waals surface area contributed by atoms with E-state index < -0.39 is 0 Å². The molecule has 0 amide bonds. The standard InChI is InChI=1S/C21H28N2O2S/c1-13-5-7-16(8-6-13)18-17(26-20(22)19(18)21(24)25-4)12-23-10-14(2)9-15(3)11-23/h5-8,14-15H,9-12,22H2,1-4H3. The lowest BCUT2D eigenvalue weighted by molar-refractivity contribution is 0.0603. The second-order valence-corrected chi connectivity index (χ2v) is 8.77. The molecule has 1 aliphatic rings. The topological polar surface area (TPSA) is 55.6 Å². The van der Waals surface area contributed by atoms with E-state index in [1.807, 2.05) is 0 Å². The number of hydrogen-bond acceptors (Lipinski definition) is 5. The molecule has 2 heterocycles. The van der Waals surface area contributed by atoms with Crippen LogP contribution in [-0.4, -0.2) is 31.1 Å². The Hall–Kier alpha value is -1.85. The van der Waals surface area contributed by atoms with Crippen LogP contribution in [0.1, 0.15) is 41.1 Å². The quantitative estimate of drug-likeness (QED) is 0.799. The van der Waals surface area contributed by atoms with Gasteiger partial charge in [0.15, 0.2) is 0 Å². The number of carbonyl (C=O) groups excluding carboxylic acids is 1. The van der Waals surface area contributed by atoms with Crippen LogP contribution in [0.2, 0.25) is 0 Å². The molecule has 2 unspecified atom stereocenters. The second kappa shape index (κ2) is 7.80. The van der Waals surface area contributed by atoms with Gasteiger partial charge in [0.1, 0.15) is 10.6 Å². The molecular formula is C21H28N2O2S. The van der Waals surface area contributed by atoms with Gasteiger partial charge in [0, 0.05) is 30.1 Å². The number of piperidine rings is 1. The molecule has 1 aromatic heterocycles. The van der Waals surface area contributed by atoms with Crippen molar-refractivity contribution in [1.82, 2.24) is 4.90 Å². The van der Waals surface area contributed by atoms with Crippen LogP contribution in [0.15, 0.2) is 24.3 Å². The summed E-state index contributed by atoms with van der Waals surface area (Å²) in [5.41, 5.74) is 9.91. The number of benzene rings is 1. The first-order valence-electron chi connectivity index (χ1n) is 9.17. The number of aryl methyl sites for hydroxylation is 1. The van der Waals surface area contributed by atoms with Crippen LogP contribution >= 0.6 is 11.3 Å². The molecule has 2 aromatic rings. The zero-order valence-electron chi connectivity index (χ0n) is 16.0. The second-order valence-electron chi connectivity index (χ2n) is 7.64. The Morgan fingerprint density at radius 3 is 2.42 bits per heavy atom. The maximum atomic E-state index is 12.4. The van der Waals surface area contributed by atoms with Gasteiger partial charge in [-0.3, -0.25) is 4.90 Å². The number of carbonyl (C=O) groups is 1. The summed E-state index contributed by atoms with van der Waals surface area (Å²) in [5, 5.41) is 0.542. The Bertz CT molecular complexity index is 772. The molecule has 0 aliphatic carbocycles. The third-order valence-corrected chi connectivity index (χ3v) is 6.05. The maximum absolute atomic E-state index is 12.4. The van der Waals surface area contributed by atoms with Crippen LogP contribution in [0.25, 0.3) is 11.1 Å². The number of methoxy groups -OCH3 is 1. The number of thiophene rings is 1. The van der Waals surface area contributed by atoms with Crippen molar-refractivity contribution in [3.05, 3.63) is 40.3 Å². The van der Waals surface area contributed by atoms with E-state index in [9.17, 15) is 4.79 Å². The van der Waals surface area contributed by atoms with E-state index in [0.717, 1.165) is 35.6 Å². The van der Waals surface area contributed by atoms with Gasteiger partial charge in [-0.25, -0.2) is 4.79 Å². The van der Waals surface area contributed by atoms with Crippen molar-refractivity contribution < 1.29 is 9.53 Å². The minimum absolute atomic E-state index is 0.360. The number of hydrogen-bond donors (Lipinski definition) is 1. The van der Waals surface area contributed by atoms with E-state index >= 15 is 0 Å². The molecule has 0 spiro atoms. The summed E-state index contributed by atoms with van der Waals surface area (Å²) in [6.45, 7) is 9.68. The summed E-state index contributed by atoms with van der Waals surface area (Å²) in [5.74, 6) is 1.03. The van der Waals surface area contributed by atoms with Gasteiger partial charge in [-0.2, -0.15) is 0 Å². The van der Waals surface area contributed by atoms with Crippen LogP contribution in [0.4, 0.5) is 5.00 Å². The molecule has 1 fully saturated rings. The molecule has 2 N–H and O–H groups in total. The molecule has 140 valence electrons. The van der Waals surface area contributed by atoms with Gasteiger partial charge in [-0.15, -0.1) is 11.3 Å². The smallest absolute Gasteiger partial charge is 0.341 e.